The second-order valence-corrected chi connectivity index (χ2v) is 6.07. The minimum atomic E-state index is -0.0431. The molecule has 4 rings (SSSR count). The summed E-state index contributed by atoms with van der Waals surface area (Å²) in [6.45, 7) is 1.73. The van der Waals surface area contributed by atoms with Gasteiger partial charge in [-0.15, -0.1) is 10.2 Å². The first kappa shape index (κ1) is 13.5. The summed E-state index contributed by atoms with van der Waals surface area (Å²) in [6, 6.07) is 3.50. The first-order chi connectivity index (χ1) is 10.8. The third-order valence-electron chi connectivity index (χ3n) is 4.68. The fourth-order valence-corrected chi connectivity index (χ4v) is 3.57. The number of hydrogen-bond donors (Lipinski definition) is 0. The van der Waals surface area contributed by atoms with Crippen molar-refractivity contribution in [3.05, 3.63) is 35.8 Å². The summed E-state index contributed by atoms with van der Waals surface area (Å²) < 4.78 is 7.51. The van der Waals surface area contributed by atoms with Crippen LogP contribution in [0.2, 0.25) is 0 Å². The summed E-state index contributed by atoms with van der Waals surface area (Å²) in [5.74, 6) is 2.39. The van der Waals surface area contributed by atoms with Crippen molar-refractivity contribution in [2.75, 3.05) is 6.54 Å². The molecule has 6 nitrogen and oxygen atoms in total. The minimum Gasteiger partial charge on any atom is -0.459 e. The lowest BCUT2D eigenvalue weighted by molar-refractivity contribution is 0.0694. The number of rotatable bonds is 2. The van der Waals surface area contributed by atoms with E-state index in [0.29, 0.717) is 5.76 Å². The maximum absolute atomic E-state index is 12.6. The maximum atomic E-state index is 12.6. The van der Waals surface area contributed by atoms with Crippen molar-refractivity contribution in [1.29, 1.82) is 0 Å². The quantitative estimate of drug-likeness (QED) is 0.855. The van der Waals surface area contributed by atoms with Gasteiger partial charge in [0.25, 0.3) is 5.91 Å². The van der Waals surface area contributed by atoms with Crippen LogP contribution in [0, 0.1) is 0 Å². The average molecular weight is 300 g/mol. The summed E-state index contributed by atoms with van der Waals surface area (Å²) in [4.78, 5) is 14.5. The number of carbonyl (C=O) groups excluding carboxylic acids is 1. The van der Waals surface area contributed by atoms with Crippen LogP contribution in [-0.2, 0) is 13.0 Å². The highest BCUT2D eigenvalue weighted by molar-refractivity contribution is 5.91. The molecule has 1 amide bonds. The van der Waals surface area contributed by atoms with E-state index in [0.717, 1.165) is 50.4 Å². The van der Waals surface area contributed by atoms with E-state index in [-0.39, 0.29) is 11.9 Å². The molecular weight excluding hydrogens is 280 g/mol. The molecule has 2 aliphatic rings. The normalized spacial score (nSPS) is 21.6. The van der Waals surface area contributed by atoms with E-state index < -0.39 is 0 Å². The Balaban J connectivity index is 1.64. The Morgan fingerprint density at radius 2 is 2.14 bits per heavy atom. The SMILES string of the molecule is O=C(c1ccco1)N1CCC[C@H]1c1nnc2n1CCCCC2. The standard InChI is InChI=1S/C16H20N4O2/c21-16(13-7-5-11-22-13)19-10-4-6-12(19)15-18-17-14-8-2-1-3-9-20(14)15/h5,7,11-12H,1-4,6,8-10H2/t12-/m0/s1. The number of amides is 1. The number of hydrogen-bond acceptors (Lipinski definition) is 4. The first-order valence-electron chi connectivity index (χ1n) is 8.11. The Labute approximate surface area is 129 Å². The second-order valence-electron chi connectivity index (χ2n) is 6.07. The molecule has 6 heteroatoms. The van der Waals surface area contributed by atoms with Gasteiger partial charge in [0.05, 0.1) is 12.3 Å². The zero-order valence-corrected chi connectivity index (χ0v) is 12.6. The van der Waals surface area contributed by atoms with Crippen molar-refractivity contribution in [2.24, 2.45) is 0 Å². The van der Waals surface area contributed by atoms with E-state index >= 15 is 0 Å². The number of nitrogens with zero attached hydrogens (tertiary/aromatic N) is 4. The lowest BCUT2D eigenvalue weighted by atomic mass is 10.2. The molecule has 0 spiro atoms. The molecular formula is C16H20N4O2. The number of aryl methyl sites for hydroxylation is 1. The van der Waals surface area contributed by atoms with E-state index in [1.165, 1.54) is 12.8 Å². The maximum Gasteiger partial charge on any atom is 0.290 e. The van der Waals surface area contributed by atoms with Crippen LogP contribution in [0.3, 0.4) is 0 Å². The van der Waals surface area contributed by atoms with Crippen molar-refractivity contribution in [3.63, 3.8) is 0 Å². The smallest absolute Gasteiger partial charge is 0.290 e. The van der Waals surface area contributed by atoms with Crippen LogP contribution < -0.4 is 0 Å². The topological polar surface area (TPSA) is 64.2 Å². The number of aromatic nitrogens is 3. The summed E-state index contributed by atoms with van der Waals surface area (Å²) in [7, 11) is 0. The molecule has 0 radical (unpaired) electrons. The van der Waals surface area contributed by atoms with Crippen molar-refractivity contribution in [1.82, 2.24) is 19.7 Å². The highest BCUT2D eigenvalue weighted by Crippen LogP contribution is 2.33. The third kappa shape index (κ3) is 2.23. The molecule has 2 aromatic rings. The highest BCUT2D eigenvalue weighted by Gasteiger charge is 2.35. The molecule has 0 bridgehead atoms. The zero-order chi connectivity index (χ0) is 14.9. The molecule has 1 saturated heterocycles. The Morgan fingerprint density at radius 3 is 3.00 bits per heavy atom. The Bertz CT molecular complexity index is 662. The van der Waals surface area contributed by atoms with Gasteiger partial charge in [-0.05, 0) is 37.8 Å². The average Bonchev–Trinajstić information content (AvgIpc) is 3.24. The minimum absolute atomic E-state index is 0.0250. The van der Waals surface area contributed by atoms with Gasteiger partial charge in [0.2, 0.25) is 0 Å². The van der Waals surface area contributed by atoms with Gasteiger partial charge in [0.1, 0.15) is 5.82 Å². The molecule has 0 saturated carbocycles. The van der Waals surface area contributed by atoms with Gasteiger partial charge < -0.3 is 13.9 Å². The Kier molecular flexibility index (Phi) is 3.44. The zero-order valence-electron chi connectivity index (χ0n) is 12.6. The molecule has 0 N–H and O–H groups in total. The van der Waals surface area contributed by atoms with Crippen LogP contribution >= 0.6 is 0 Å². The van der Waals surface area contributed by atoms with Gasteiger partial charge in [-0.25, -0.2) is 0 Å². The number of likely N-dealkylation sites (tertiary alicyclic amines) is 1. The van der Waals surface area contributed by atoms with Gasteiger partial charge in [-0.1, -0.05) is 6.42 Å². The fourth-order valence-electron chi connectivity index (χ4n) is 3.57. The third-order valence-corrected chi connectivity index (χ3v) is 4.68. The Hall–Kier alpha value is -2.11. The van der Waals surface area contributed by atoms with Crippen LogP contribution in [0.5, 0.6) is 0 Å². The van der Waals surface area contributed by atoms with E-state index in [4.69, 9.17) is 4.42 Å². The van der Waals surface area contributed by atoms with Gasteiger partial charge in [-0.2, -0.15) is 0 Å². The van der Waals surface area contributed by atoms with E-state index in [1.807, 2.05) is 4.90 Å². The summed E-state index contributed by atoms with van der Waals surface area (Å²) in [5.41, 5.74) is 0. The lowest BCUT2D eigenvalue weighted by Crippen LogP contribution is -2.32. The van der Waals surface area contributed by atoms with E-state index in [2.05, 4.69) is 14.8 Å². The monoisotopic (exact) mass is 300 g/mol. The van der Waals surface area contributed by atoms with Crippen molar-refractivity contribution in [3.8, 4) is 0 Å². The summed E-state index contributed by atoms with van der Waals surface area (Å²) in [6.07, 6.45) is 8.06. The van der Waals surface area contributed by atoms with Crippen molar-refractivity contribution < 1.29 is 9.21 Å². The van der Waals surface area contributed by atoms with Crippen molar-refractivity contribution in [2.45, 2.75) is 51.1 Å². The molecule has 2 aliphatic heterocycles. The van der Waals surface area contributed by atoms with Crippen LogP contribution in [0.25, 0.3) is 0 Å². The molecule has 4 heterocycles. The highest BCUT2D eigenvalue weighted by atomic mass is 16.3. The molecule has 1 atom stereocenters. The number of fused-ring (bicyclic) bond motifs is 1. The molecule has 0 unspecified atom stereocenters. The van der Waals surface area contributed by atoms with Crippen LogP contribution in [0.15, 0.2) is 22.8 Å². The predicted molar refractivity (Wildman–Crippen MR) is 79.3 cm³/mol. The molecule has 0 aliphatic carbocycles. The summed E-state index contributed by atoms with van der Waals surface area (Å²) in [5, 5.41) is 8.79. The number of furan rings is 1. The van der Waals surface area contributed by atoms with Crippen LogP contribution in [0.1, 0.15) is 60.3 Å². The molecule has 2 aromatic heterocycles. The van der Waals surface area contributed by atoms with Gasteiger partial charge in [0.15, 0.2) is 11.6 Å². The summed E-state index contributed by atoms with van der Waals surface area (Å²) >= 11 is 0. The molecule has 116 valence electrons. The van der Waals surface area contributed by atoms with E-state index in [9.17, 15) is 4.79 Å². The molecule has 0 aromatic carbocycles. The van der Waals surface area contributed by atoms with Crippen LogP contribution in [0.4, 0.5) is 0 Å². The lowest BCUT2D eigenvalue weighted by Gasteiger charge is -2.23. The molecule has 22 heavy (non-hydrogen) atoms. The Morgan fingerprint density at radius 1 is 1.18 bits per heavy atom. The first-order valence-corrected chi connectivity index (χ1v) is 8.11. The van der Waals surface area contributed by atoms with Crippen LogP contribution in [-0.4, -0.2) is 32.1 Å². The largest absolute Gasteiger partial charge is 0.459 e. The second kappa shape index (κ2) is 5.59. The fraction of sp³-hybridized carbons (Fsp3) is 0.562. The van der Waals surface area contributed by atoms with Gasteiger partial charge >= 0.3 is 0 Å². The number of carbonyl (C=O) groups is 1. The van der Waals surface area contributed by atoms with E-state index in [1.54, 1.807) is 18.4 Å². The van der Waals surface area contributed by atoms with Gasteiger partial charge in [0, 0.05) is 19.5 Å². The van der Waals surface area contributed by atoms with Crippen molar-refractivity contribution >= 4 is 5.91 Å². The predicted octanol–water partition coefficient (Wildman–Crippen LogP) is 2.57. The van der Waals surface area contributed by atoms with Gasteiger partial charge in [-0.3, -0.25) is 4.79 Å². The molecule has 1 fully saturated rings.